The van der Waals surface area contributed by atoms with Crippen LogP contribution in [-0.4, -0.2) is 35.5 Å². The fourth-order valence-corrected chi connectivity index (χ4v) is 3.32. The third-order valence-corrected chi connectivity index (χ3v) is 4.57. The maximum Gasteiger partial charge on any atom is 0.146 e. The van der Waals surface area contributed by atoms with Crippen molar-refractivity contribution in [2.75, 3.05) is 30.5 Å². The summed E-state index contributed by atoms with van der Waals surface area (Å²) in [6.07, 6.45) is 4.89. The first-order valence-electron chi connectivity index (χ1n) is 9.36. The van der Waals surface area contributed by atoms with E-state index in [1.807, 2.05) is 13.0 Å². The molecule has 1 saturated heterocycles. The zero-order chi connectivity index (χ0) is 20.8. The van der Waals surface area contributed by atoms with Crippen LogP contribution in [0.4, 0.5) is 21.6 Å². The Morgan fingerprint density at radius 3 is 2.83 bits per heavy atom. The lowest BCUT2D eigenvalue weighted by Crippen LogP contribution is -2.28. The van der Waals surface area contributed by atoms with Gasteiger partial charge >= 0.3 is 0 Å². The third-order valence-electron chi connectivity index (χ3n) is 4.57. The van der Waals surface area contributed by atoms with Crippen LogP contribution < -0.4 is 15.8 Å². The highest BCUT2D eigenvalue weighted by atomic mass is 32.1. The van der Waals surface area contributed by atoms with Gasteiger partial charge in [-0.25, -0.2) is 14.4 Å². The standard InChI is InChI=1S/C20H21FN4O2.CH4S/c1-12-7-14(22)9-17-19(12)20(24-11-23-17)25-16-5-4-13(21)8-18(16)27-15-3-2-6-26-10-15;1-2/h4-5,7-9,11,15H,2-3,6,10,22H2,1H3,(H,23,24,25);2H,1H3/t15-;/m1./s1. The van der Waals surface area contributed by atoms with Crippen molar-refractivity contribution in [1.29, 1.82) is 0 Å². The normalized spacial score (nSPS) is 16.1. The summed E-state index contributed by atoms with van der Waals surface area (Å²) in [5.74, 6) is 0.697. The van der Waals surface area contributed by atoms with Gasteiger partial charge in [0, 0.05) is 23.7 Å². The Labute approximate surface area is 175 Å². The second-order valence-electron chi connectivity index (χ2n) is 6.68. The van der Waals surface area contributed by atoms with E-state index in [1.54, 1.807) is 18.4 Å². The summed E-state index contributed by atoms with van der Waals surface area (Å²) >= 11 is 3.53. The van der Waals surface area contributed by atoms with Crippen LogP contribution in [0.25, 0.3) is 10.9 Å². The molecule has 0 amide bonds. The van der Waals surface area contributed by atoms with Crippen molar-refractivity contribution >= 4 is 40.7 Å². The third kappa shape index (κ3) is 5.07. The van der Waals surface area contributed by atoms with Crippen molar-refractivity contribution in [2.24, 2.45) is 0 Å². The number of aromatic nitrogens is 2. The zero-order valence-corrected chi connectivity index (χ0v) is 17.4. The number of halogens is 1. The van der Waals surface area contributed by atoms with E-state index in [-0.39, 0.29) is 11.9 Å². The number of thiol groups is 1. The van der Waals surface area contributed by atoms with Crippen LogP contribution in [0.2, 0.25) is 0 Å². The zero-order valence-electron chi connectivity index (χ0n) is 16.5. The lowest BCUT2D eigenvalue weighted by molar-refractivity contribution is 0.00763. The summed E-state index contributed by atoms with van der Waals surface area (Å²) in [7, 11) is 0. The fourth-order valence-electron chi connectivity index (χ4n) is 3.32. The highest BCUT2D eigenvalue weighted by molar-refractivity contribution is 7.79. The summed E-state index contributed by atoms with van der Waals surface area (Å²) in [5, 5.41) is 4.13. The number of nitrogens with zero attached hydrogens (tertiary/aromatic N) is 2. The molecule has 6 nitrogen and oxygen atoms in total. The van der Waals surface area contributed by atoms with Gasteiger partial charge in [0.05, 0.1) is 17.8 Å². The van der Waals surface area contributed by atoms with Crippen LogP contribution >= 0.6 is 12.6 Å². The maximum absolute atomic E-state index is 13.8. The SMILES string of the molecule is CS.Cc1cc(N)cc2ncnc(Nc3ccc(F)cc3O[C@@H]3CCCOC3)c12. The number of fused-ring (bicyclic) bond motifs is 1. The molecule has 29 heavy (non-hydrogen) atoms. The Kier molecular flexibility index (Phi) is 7.11. The maximum atomic E-state index is 13.8. The van der Waals surface area contributed by atoms with Crippen LogP contribution in [0, 0.1) is 12.7 Å². The second kappa shape index (κ2) is 9.76. The number of nitrogens with two attached hydrogens (primary N) is 1. The fraction of sp³-hybridized carbons (Fsp3) is 0.333. The average molecular weight is 417 g/mol. The minimum Gasteiger partial charge on any atom is -0.486 e. The first-order chi connectivity index (χ1) is 14.1. The molecule has 8 heteroatoms. The monoisotopic (exact) mass is 416 g/mol. The smallest absolute Gasteiger partial charge is 0.146 e. The van der Waals surface area contributed by atoms with Gasteiger partial charge in [0.2, 0.25) is 0 Å². The molecular weight excluding hydrogens is 391 g/mol. The van der Waals surface area contributed by atoms with Crippen LogP contribution in [0.1, 0.15) is 18.4 Å². The summed E-state index contributed by atoms with van der Waals surface area (Å²) in [5.41, 5.74) is 8.90. The lowest BCUT2D eigenvalue weighted by atomic mass is 10.1. The number of hydrogen-bond donors (Lipinski definition) is 3. The van der Waals surface area contributed by atoms with Crippen molar-refractivity contribution in [3.8, 4) is 5.75 Å². The number of nitrogens with one attached hydrogen (secondary N) is 1. The van der Waals surface area contributed by atoms with Gasteiger partial charge in [-0.2, -0.15) is 12.6 Å². The Bertz CT molecular complexity index is 980. The van der Waals surface area contributed by atoms with E-state index >= 15 is 0 Å². The van der Waals surface area contributed by atoms with Crippen molar-refractivity contribution in [2.45, 2.75) is 25.9 Å². The van der Waals surface area contributed by atoms with Crippen LogP contribution in [0.15, 0.2) is 36.7 Å². The van der Waals surface area contributed by atoms with Crippen LogP contribution in [-0.2, 0) is 4.74 Å². The Balaban J connectivity index is 0.00000117. The van der Waals surface area contributed by atoms with Gasteiger partial charge in [0.15, 0.2) is 0 Å². The molecule has 0 saturated carbocycles. The van der Waals surface area contributed by atoms with Gasteiger partial charge in [0.1, 0.15) is 29.8 Å². The molecule has 1 fully saturated rings. The number of anilines is 3. The van der Waals surface area contributed by atoms with Crippen molar-refractivity contribution in [3.05, 3.63) is 48.0 Å². The number of nitrogen functional groups attached to an aromatic ring is 1. The molecule has 0 radical (unpaired) electrons. The number of ether oxygens (including phenoxy) is 2. The molecule has 1 atom stereocenters. The highest BCUT2D eigenvalue weighted by Gasteiger charge is 2.18. The molecule has 4 rings (SSSR count). The highest BCUT2D eigenvalue weighted by Crippen LogP contribution is 2.33. The van der Waals surface area contributed by atoms with Gasteiger partial charge < -0.3 is 20.5 Å². The van der Waals surface area contributed by atoms with Crippen molar-refractivity contribution in [1.82, 2.24) is 9.97 Å². The molecule has 0 unspecified atom stereocenters. The van der Waals surface area contributed by atoms with E-state index in [1.165, 1.54) is 18.5 Å². The first-order valence-corrected chi connectivity index (χ1v) is 10.3. The number of benzene rings is 2. The number of hydrogen-bond acceptors (Lipinski definition) is 7. The first kappa shape index (κ1) is 21.1. The summed E-state index contributed by atoms with van der Waals surface area (Å²) in [4.78, 5) is 8.66. The molecule has 1 aromatic heterocycles. The van der Waals surface area contributed by atoms with Crippen molar-refractivity contribution < 1.29 is 13.9 Å². The molecule has 154 valence electrons. The van der Waals surface area contributed by atoms with E-state index in [4.69, 9.17) is 15.2 Å². The summed E-state index contributed by atoms with van der Waals surface area (Å²) in [6, 6.07) is 8.09. The summed E-state index contributed by atoms with van der Waals surface area (Å²) < 4.78 is 25.3. The molecule has 3 N–H and O–H groups in total. The van der Waals surface area contributed by atoms with E-state index in [0.717, 1.165) is 35.9 Å². The van der Waals surface area contributed by atoms with Crippen LogP contribution in [0.5, 0.6) is 5.75 Å². The molecule has 2 aromatic carbocycles. The molecule has 0 spiro atoms. The van der Waals surface area contributed by atoms with E-state index in [9.17, 15) is 4.39 Å². The van der Waals surface area contributed by atoms with E-state index in [2.05, 4.69) is 27.9 Å². The van der Waals surface area contributed by atoms with Crippen LogP contribution in [0.3, 0.4) is 0 Å². The molecular formula is C21H25FN4O2S. The minimum atomic E-state index is -0.358. The molecule has 3 aromatic rings. The topological polar surface area (TPSA) is 82.3 Å². The Hall–Kier alpha value is -2.58. The average Bonchev–Trinajstić information content (AvgIpc) is 2.72. The largest absolute Gasteiger partial charge is 0.486 e. The predicted octanol–water partition coefficient (Wildman–Crippen LogP) is 4.51. The quantitative estimate of drug-likeness (QED) is 0.429. The molecule has 1 aliphatic rings. The molecule has 1 aliphatic heterocycles. The number of aryl methyl sites for hydroxylation is 1. The Morgan fingerprint density at radius 1 is 1.24 bits per heavy atom. The van der Waals surface area contributed by atoms with E-state index in [0.29, 0.717) is 29.5 Å². The molecule has 0 bridgehead atoms. The lowest BCUT2D eigenvalue weighted by Gasteiger charge is -2.24. The van der Waals surface area contributed by atoms with Crippen molar-refractivity contribution in [3.63, 3.8) is 0 Å². The molecule has 2 heterocycles. The minimum absolute atomic E-state index is 0.0928. The van der Waals surface area contributed by atoms with Gasteiger partial charge in [-0.15, -0.1) is 0 Å². The van der Waals surface area contributed by atoms with E-state index < -0.39 is 0 Å². The Morgan fingerprint density at radius 2 is 2.07 bits per heavy atom. The second-order valence-corrected chi connectivity index (χ2v) is 6.68. The van der Waals surface area contributed by atoms with Gasteiger partial charge in [-0.3, -0.25) is 0 Å². The van der Waals surface area contributed by atoms with Gasteiger partial charge in [-0.05, 0) is 55.9 Å². The van der Waals surface area contributed by atoms with Gasteiger partial charge in [0.25, 0.3) is 0 Å². The predicted molar refractivity (Wildman–Crippen MR) is 118 cm³/mol. The summed E-state index contributed by atoms with van der Waals surface area (Å²) in [6.45, 7) is 3.20. The number of rotatable bonds is 4. The molecule has 0 aliphatic carbocycles. The van der Waals surface area contributed by atoms with Gasteiger partial charge in [-0.1, -0.05) is 0 Å².